The molecule has 0 saturated carbocycles. The molecule has 0 bridgehead atoms. The van der Waals surface area contributed by atoms with E-state index in [1.165, 1.54) is 0 Å². The summed E-state index contributed by atoms with van der Waals surface area (Å²) in [6.07, 6.45) is 0.245. The van der Waals surface area contributed by atoms with Crippen molar-refractivity contribution in [2.24, 2.45) is 0 Å². The zero-order valence-corrected chi connectivity index (χ0v) is 9.00. The van der Waals surface area contributed by atoms with Crippen LogP contribution in [0.2, 0.25) is 0 Å². The topological polar surface area (TPSA) is 66.8 Å². The van der Waals surface area contributed by atoms with Gasteiger partial charge >= 0.3 is 5.97 Å². The molecule has 0 radical (unpaired) electrons. The second-order valence-electron chi connectivity index (χ2n) is 3.48. The van der Waals surface area contributed by atoms with E-state index in [4.69, 9.17) is 14.9 Å². The third-order valence-corrected chi connectivity index (χ3v) is 2.14. The second-order valence-corrected chi connectivity index (χ2v) is 3.48. The molecule has 1 aromatic carbocycles. The first-order chi connectivity index (χ1) is 7.74. The maximum Gasteiger partial charge on any atom is 0.338 e. The van der Waals surface area contributed by atoms with E-state index in [0.29, 0.717) is 18.4 Å². The molecule has 1 atom stereocenters. The van der Waals surface area contributed by atoms with E-state index >= 15 is 0 Å². The molecule has 0 aliphatic rings. The Morgan fingerprint density at radius 3 is 2.62 bits per heavy atom. The first-order valence-electron chi connectivity index (χ1n) is 5.25. The maximum absolute atomic E-state index is 11.4. The SMILES string of the molecule is O=C(OCCC[C@H](O)CO)c1ccccc1. The molecule has 4 nitrogen and oxygen atoms in total. The Kier molecular flexibility index (Phi) is 5.53. The van der Waals surface area contributed by atoms with Gasteiger partial charge in [-0.05, 0) is 25.0 Å². The molecule has 88 valence electrons. The van der Waals surface area contributed by atoms with E-state index < -0.39 is 6.10 Å². The van der Waals surface area contributed by atoms with Gasteiger partial charge in [0, 0.05) is 0 Å². The van der Waals surface area contributed by atoms with Crippen LogP contribution in [0.25, 0.3) is 0 Å². The Morgan fingerprint density at radius 2 is 2.00 bits per heavy atom. The van der Waals surface area contributed by atoms with Crippen LogP contribution in [0.5, 0.6) is 0 Å². The molecule has 0 aromatic heterocycles. The van der Waals surface area contributed by atoms with Crippen molar-refractivity contribution in [3.8, 4) is 0 Å². The van der Waals surface area contributed by atoms with Crippen molar-refractivity contribution >= 4 is 5.97 Å². The van der Waals surface area contributed by atoms with Crippen molar-refractivity contribution in [1.82, 2.24) is 0 Å². The summed E-state index contributed by atoms with van der Waals surface area (Å²) in [5.41, 5.74) is 0.519. The molecule has 0 fully saturated rings. The predicted octanol–water partition coefficient (Wildman–Crippen LogP) is 0.977. The Balaban J connectivity index is 2.21. The molecule has 1 aromatic rings. The minimum Gasteiger partial charge on any atom is -0.462 e. The molecule has 16 heavy (non-hydrogen) atoms. The smallest absolute Gasteiger partial charge is 0.338 e. The lowest BCUT2D eigenvalue weighted by Gasteiger charge is -2.07. The average molecular weight is 224 g/mol. The number of aliphatic hydroxyl groups excluding tert-OH is 2. The van der Waals surface area contributed by atoms with E-state index in [-0.39, 0.29) is 19.2 Å². The van der Waals surface area contributed by atoms with Gasteiger partial charge in [-0.1, -0.05) is 18.2 Å². The number of hydrogen-bond donors (Lipinski definition) is 2. The molecular formula is C12H16O4. The van der Waals surface area contributed by atoms with Gasteiger partial charge in [0.05, 0.1) is 24.9 Å². The van der Waals surface area contributed by atoms with Crippen LogP contribution in [0.3, 0.4) is 0 Å². The summed E-state index contributed by atoms with van der Waals surface area (Å²) in [4.78, 5) is 11.4. The number of carbonyl (C=O) groups excluding carboxylic acids is 1. The van der Waals surface area contributed by atoms with Crippen molar-refractivity contribution in [2.75, 3.05) is 13.2 Å². The summed E-state index contributed by atoms with van der Waals surface area (Å²) >= 11 is 0. The van der Waals surface area contributed by atoms with Crippen LogP contribution in [0, 0.1) is 0 Å². The quantitative estimate of drug-likeness (QED) is 0.558. The highest BCUT2D eigenvalue weighted by molar-refractivity contribution is 5.89. The van der Waals surface area contributed by atoms with E-state index in [1.807, 2.05) is 6.07 Å². The minimum atomic E-state index is -0.726. The van der Waals surface area contributed by atoms with Gasteiger partial charge in [-0.25, -0.2) is 4.79 Å². The van der Waals surface area contributed by atoms with Crippen molar-refractivity contribution < 1.29 is 19.7 Å². The fraction of sp³-hybridized carbons (Fsp3) is 0.417. The third-order valence-electron chi connectivity index (χ3n) is 2.14. The zero-order valence-electron chi connectivity index (χ0n) is 9.00. The Labute approximate surface area is 94.5 Å². The molecule has 0 unspecified atom stereocenters. The first kappa shape index (κ1) is 12.7. The van der Waals surface area contributed by atoms with Crippen LogP contribution >= 0.6 is 0 Å². The highest BCUT2D eigenvalue weighted by atomic mass is 16.5. The highest BCUT2D eigenvalue weighted by Crippen LogP contribution is 2.03. The Bertz CT molecular complexity index is 310. The monoisotopic (exact) mass is 224 g/mol. The summed E-state index contributed by atoms with van der Waals surface area (Å²) in [5, 5.41) is 17.6. The van der Waals surface area contributed by atoms with Gasteiger partial charge in [-0.2, -0.15) is 0 Å². The number of aliphatic hydroxyl groups is 2. The largest absolute Gasteiger partial charge is 0.462 e. The lowest BCUT2D eigenvalue weighted by atomic mass is 10.2. The normalized spacial score (nSPS) is 12.1. The van der Waals surface area contributed by atoms with Gasteiger partial charge in [0.1, 0.15) is 0 Å². The maximum atomic E-state index is 11.4. The van der Waals surface area contributed by atoms with Crippen molar-refractivity contribution in [1.29, 1.82) is 0 Å². The number of benzene rings is 1. The fourth-order valence-electron chi connectivity index (χ4n) is 1.23. The van der Waals surface area contributed by atoms with Crippen molar-refractivity contribution in [3.05, 3.63) is 35.9 Å². The number of carbonyl (C=O) groups is 1. The van der Waals surface area contributed by atoms with Gasteiger partial charge in [-0.15, -0.1) is 0 Å². The average Bonchev–Trinajstić information content (AvgIpc) is 2.35. The molecule has 0 aliphatic heterocycles. The molecule has 0 heterocycles. The third kappa shape index (κ3) is 4.42. The van der Waals surface area contributed by atoms with Gasteiger partial charge in [0.2, 0.25) is 0 Å². The van der Waals surface area contributed by atoms with Crippen LogP contribution < -0.4 is 0 Å². The van der Waals surface area contributed by atoms with Gasteiger partial charge in [0.25, 0.3) is 0 Å². The van der Waals surface area contributed by atoms with Gasteiger partial charge in [-0.3, -0.25) is 0 Å². The van der Waals surface area contributed by atoms with E-state index in [0.717, 1.165) is 0 Å². The zero-order chi connectivity index (χ0) is 11.8. The van der Waals surface area contributed by atoms with E-state index in [2.05, 4.69) is 0 Å². The minimum absolute atomic E-state index is 0.255. The van der Waals surface area contributed by atoms with Gasteiger partial charge in [0.15, 0.2) is 0 Å². The molecule has 0 spiro atoms. The fourth-order valence-corrected chi connectivity index (χ4v) is 1.23. The molecule has 4 heteroatoms. The molecule has 2 N–H and O–H groups in total. The Hall–Kier alpha value is -1.39. The van der Waals surface area contributed by atoms with Crippen LogP contribution in [-0.2, 0) is 4.74 Å². The van der Waals surface area contributed by atoms with Gasteiger partial charge < -0.3 is 14.9 Å². The number of hydrogen-bond acceptors (Lipinski definition) is 4. The van der Waals surface area contributed by atoms with Crippen molar-refractivity contribution in [2.45, 2.75) is 18.9 Å². The van der Waals surface area contributed by atoms with E-state index in [1.54, 1.807) is 24.3 Å². The van der Waals surface area contributed by atoms with Crippen molar-refractivity contribution in [3.63, 3.8) is 0 Å². The first-order valence-corrected chi connectivity index (χ1v) is 5.25. The van der Waals surface area contributed by atoms with Crippen LogP contribution in [0.1, 0.15) is 23.2 Å². The summed E-state index contributed by atoms with van der Waals surface area (Å²) < 4.78 is 4.99. The standard InChI is InChI=1S/C12H16O4/c13-9-11(14)7-4-8-16-12(15)10-5-2-1-3-6-10/h1-3,5-6,11,13-14H,4,7-9H2/t11-/m0/s1. The van der Waals surface area contributed by atoms with Crippen LogP contribution in [0.15, 0.2) is 30.3 Å². The number of rotatable bonds is 6. The Morgan fingerprint density at radius 1 is 1.31 bits per heavy atom. The van der Waals surface area contributed by atoms with Crippen LogP contribution in [-0.4, -0.2) is 35.5 Å². The summed E-state index contributed by atoms with van der Waals surface area (Å²) in [5.74, 6) is -0.362. The molecule has 0 aliphatic carbocycles. The summed E-state index contributed by atoms with van der Waals surface area (Å²) in [6, 6.07) is 8.74. The highest BCUT2D eigenvalue weighted by Gasteiger charge is 2.06. The molecular weight excluding hydrogens is 208 g/mol. The second kappa shape index (κ2) is 6.98. The molecule has 0 saturated heterocycles. The molecule has 1 rings (SSSR count). The molecule has 0 amide bonds. The lowest BCUT2D eigenvalue weighted by Crippen LogP contribution is -2.13. The lowest BCUT2D eigenvalue weighted by molar-refractivity contribution is 0.0446. The predicted molar refractivity (Wildman–Crippen MR) is 59.1 cm³/mol. The number of esters is 1. The van der Waals surface area contributed by atoms with E-state index in [9.17, 15) is 4.79 Å². The number of ether oxygens (including phenoxy) is 1. The summed E-state index contributed by atoms with van der Waals surface area (Å²) in [7, 11) is 0. The van der Waals surface area contributed by atoms with Crippen LogP contribution in [0.4, 0.5) is 0 Å². The summed E-state index contributed by atoms with van der Waals surface area (Å²) in [6.45, 7) is -0.00256.